The van der Waals surface area contributed by atoms with Crippen LogP contribution in [0.4, 0.5) is 17.5 Å². The van der Waals surface area contributed by atoms with Crippen LogP contribution in [-0.4, -0.2) is 99.9 Å². The number of anilines is 3. The van der Waals surface area contributed by atoms with E-state index in [4.69, 9.17) is 31.2 Å². The maximum absolute atomic E-state index is 13.3. The van der Waals surface area contributed by atoms with Gasteiger partial charge in [0.2, 0.25) is 17.8 Å². The van der Waals surface area contributed by atoms with E-state index >= 15 is 0 Å². The molecule has 3 aromatic heterocycles. The highest BCUT2D eigenvalue weighted by Crippen LogP contribution is 2.49. The molecule has 3 saturated heterocycles. The maximum atomic E-state index is 13.3. The van der Waals surface area contributed by atoms with Crippen molar-refractivity contribution in [3.05, 3.63) is 69.2 Å². The summed E-state index contributed by atoms with van der Waals surface area (Å²) in [4.78, 5) is 63.9. The number of nitrogens with zero attached hydrogens (tertiary/aromatic N) is 7. The Balaban J connectivity index is 0.820. The summed E-state index contributed by atoms with van der Waals surface area (Å²) in [6, 6.07) is 11.5. The zero-order valence-electron chi connectivity index (χ0n) is 34.9. The van der Waals surface area contributed by atoms with E-state index in [0.717, 1.165) is 91.6 Å². The highest BCUT2D eigenvalue weighted by Gasteiger charge is 2.45. The Morgan fingerprint density at radius 2 is 1.85 bits per heavy atom. The number of benzene rings is 2. The van der Waals surface area contributed by atoms with Crippen molar-refractivity contribution in [2.24, 2.45) is 13.0 Å². The highest BCUT2D eigenvalue weighted by molar-refractivity contribution is 6.33. The van der Waals surface area contributed by atoms with Crippen molar-refractivity contribution in [2.45, 2.75) is 69.7 Å². The minimum absolute atomic E-state index is 0.0471. The van der Waals surface area contributed by atoms with Crippen LogP contribution in [0, 0.1) is 5.92 Å². The third-order valence-electron chi connectivity index (χ3n) is 13.0. The van der Waals surface area contributed by atoms with E-state index in [2.05, 4.69) is 42.9 Å². The Labute approximate surface area is 357 Å². The summed E-state index contributed by atoms with van der Waals surface area (Å²) in [5, 5.41) is 15.2. The number of likely N-dealkylation sites (tertiary alicyclic amines) is 1. The minimum atomic E-state index is -0.450. The Hall–Kier alpha value is -5.74. The molecule has 61 heavy (non-hydrogen) atoms. The van der Waals surface area contributed by atoms with Crippen LogP contribution in [-0.2, 0) is 26.8 Å². The van der Waals surface area contributed by atoms with E-state index in [9.17, 15) is 19.2 Å². The molecule has 9 rings (SSSR count). The van der Waals surface area contributed by atoms with Gasteiger partial charge in [0.25, 0.3) is 11.5 Å². The number of ether oxygens (including phenoxy) is 2. The van der Waals surface area contributed by atoms with Crippen molar-refractivity contribution in [2.75, 3.05) is 63.2 Å². The number of halogens is 1. The van der Waals surface area contributed by atoms with Gasteiger partial charge in [-0.2, -0.15) is 10.1 Å². The molecule has 16 nitrogen and oxygen atoms in total. The van der Waals surface area contributed by atoms with Gasteiger partial charge in [0.15, 0.2) is 18.2 Å². The Morgan fingerprint density at radius 3 is 2.59 bits per heavy atom. The van der Waals surface area contributed by atoms with Crippen LogP contribution in [0.25, 0.3) is 21.8 Å². The molecule has 0 saturated carbocycles. The molecule has 2 aromatic carbocycles. The molecular formula is C44H51ClN10O6. The lowest BCUT2D eigenvalue weighted by molar-refractivity contribution is -0.134. The lowest BCUT2D eigenvalue weighted by Gasteiger charge is -2.41. The fourth-order valence-electron chi connectivity index (χ4n) is 9.65. The van der Waals surface area contributed by atoms with Crippen molar-refractivity contribution in [3.63, 3.8) is 0 Å². The average Bonchev–Trinajstić information content (AvgIpc) is 3.78. The van der Waals surface area contributed by atoms with Crippen molar-refractivity contribution >= 4 is 68.6 Å². The quantitative estimate of drug-likeness (QED) is 0.162. The predicted octanol–water partition coefficient (Wildman–Crippen LogP) is 4.94. The second-order valence-electron chi connectivity index (χ2n) is 17.2. The summed E-state index contributed by atoms with van der Waals surface area (Å²) in [5.74, 6) is 1.36. The van der Waals surface area contributed by atoms with Gasteiger partial charge in [-0.1, -0.05) is 23.7 Å². The topological polar surface area (TPSA) is 178 Å². The summed E-state index contributed by atoms with van der Waals surface area (Å²) >= 11 is 6.63. The van der Waals surface area contributed by atoms with Crippen molar-refractivity contribution < 1.29 is 23.9 Å². The van der Waals surface area contributed by atoms with Crippen LogP contribution < -0.4 is 35.9 Å². The van der Waals surface area contributed by atoms with Crippen LogP contribution in [0.2, 0.25) is 5.02 Å². The number of hydrogen-bond donors (Lipinski definition) is 3. The van der Waals surface area contributed by atoms with Gasteiger partial charge in [-0.15, -0.1) is 0 Å². The average molecular weight is 851 g/mol. The summed E-state index contributed by atoms with van der Waals surface area (Å²) < 4.78 is 15.6. The molecule has 1 atom stereocenters. The van der Waals surface area contributed by atoms with Gasteiger partial charge in [-0.25, -0.2) is 4.98 Å². The molecule has 4 aliphatic rings. The van der Waals surface area contributed by atoms with Crippen LogP contribution in [0.1, 0.15) is 75.6 Å². The van der Waals surface area contributed by atoms with Crippen molar-refractivity contribution in [3.8, 4) is 11.5 Å². The summed E-state index contributed by atoms with van der Waals surface area (Å²) in [5.41, 5.74) is 3.99. The number of pyridine rings is 1. The number of aryl methyl sites for hydroxylation is 1. The summed E-state index contributed by atoms with van der Waals surface area (Å²) in [6.07, 6.45) is 6.49. The first-order valence-corrected chi connectivity index (χ1v) is 21.6. The van der Waals surface area contributed by atoms with Crippen LogP contribution in [0.5, 0.6) is 11.5 Å². The minimum Gasteiger partial charge on any atom is -0.490 e. The molecule has 320 valence electrons. The van der Waals surface area contributed by atoms with Crippen molar-refractivity contribution in [1.82, 2.24) is 39.8 Å². The van der Waals surface area contributed by atoms with Gasteiger partial charge in [-0.3, -0.25) is 29.2 Å². The largest absolute Gasteiger partial charge is 0.490 e. The van der Waals surface area contributed by atoms with Gasteiger partial charge < -0.3 is 34.5 Å². The number of fused-ring (bicyclic) bond motifs is 5. The molecule has 4 aliphatic heterocycles. The zero-order valence-corrected chi connectivity index (χ0v) is 35.7. The summed E-state index contributed by atoms with van der Waals surface area (Å²) in [7, 11) is 3.42. The van der Waals surface area contributed by atoms with E-state index in [1.807, 2.05) is 43.8 Å². The van der Waals surface area contributed by atoms with Gasteiger partial charge in [-0.05, 0) is 89.2 Å². The number of aromatic nitrogens is 5. The Bertz CT molecular complexity index is 2610. The predicted molar refractivity (Wildman–Crippen MR) is 232 cm³/mol. The number of rotatable bonds is 10. The first-order valence-electron chi connectivity index (χ1n) is 21.2. The second-order valence-corrected chi connectivity index (χ2v) is 17.6. The van der Waals surface area contributed by atoms with E-state index in [1.54, 1.807) is 16.8 Å². The van der Waals surface area contributed by atoms with E-state index in [-0.39, 0.29) is 47.1 Å². The molecule has 0 radical (unpaired) electrons. The number of imide groups is 1. The number of carbonyl (C=O) groups excluding carboxylic acids is 3. The molecule has 1 spiro atoms. The Morgan fingerprint density at radius 1 is 1.07 bits per heavy atom. The number of amides is 3. The van der Waals surface area contributed by atoms with Gasteiger partial charge >= 0.3 is 0 Å². The monoisotopic (exact) mass is 850 g/mol. The molecule has 5 aromatic rings. The molecule has 0 bridgehead atoms. The lowest BCUT2D eigenvalue weighted by Crippen LogP contribution is -2.46. The number of carbonyl (C=O) groups is 3. The number of hydrogen-bond acceptors (Lipinski definition) is 12. The fraction of sp³-hybridized carbons (Fsp3) is 0.477. The first-order chi connectivity index (χ1) is 29.4. The maximum Gasteiger partial charge on any atom is 0.293 e. The van der Waals surface area contributed by atoms with E-state index in [0.29, 0.717) is 47.8 Å². The third-order valence-corrected chi connectivity index (χ3v) is 13.3. The highest BCUT2D eigenvalue weighted by atomic mass is 35.5. The molecule has 1 unspecified atom stereocenters. The lowest BCUT2D eigenvalue weighted by atomic mass is 9.74. The number of piperidine rings is 3. The molecule has 3 N–H and O–H groups in total. The standard InChI is InChI=1S/C44H51ClN10O6/c1-25(2)55-33-9-5-28(19-27(33)20-34(42(55)59)60-23-36(57)46-3)48-40-32(45)21-47-43(50-40)54-15-11-26(12-16-54)22-53-17-13-44(14-18-53)24-61-39-31(44)8-6-29-37(51-52(4)38(29)39)30-7-10-35(56)49-41(30)58/h5-6,8-9,19-21,25-26,30H,7,10-18,22-24H2,1-4H3,(H,46,57)(H,47,48,50)(H,49,56,58). The molecule has 3 fully saturated rings. The zero-order chi connectivity index (χ0) is 42.6. The van der Waals surface area contributed by atoms with Crippen molar-refractivity contribution in [1.29, 1.82) is 0 Å². The van der Waals surface area contributed by atoms with E-state index in [1.165, 1.54) is 12.6 Å². The number of likely N-dealkylation sites (N-methyl/N-ethyl adjacent to an activating group) is 1. The normalized spacial score (nSPS) is 19.4. The van der Waals surface area contributed by atoms with Gasteiger partial charge in [0, 0.05) is 73.6 Å². The van der Waals surface area contributed by atoms with Crippen LogP contribution in [0.3, 0.4) is 0 Å². The fourth-order valence-corrected chi connectivity index (χ4v) is 9.79. The molecule has 17 heteroatoms. The Kier molecular flexibility index (Phi) is 10.8. The first kappa shape index (κ1) is 40.7. The molecule has 7 heterocycles. The van der Waals surface area contributed by atoms with Crippen LogP contribution >= 0.6 is 11.6 Å². The summed E-state index contributed by atoms with van der Waals surface area (Å²) in [6.45, 7) is 8.97. The molecule has 3 amide bonds. The molecular weight excluding hydrogens is 800 g/mol. The van der Waals surface area contributed by atoms with E-state index < -0.39 is 5.92 Å². The second kappa shape index (κ2) is 16.3. The number of nitrogens with one attached hydrogen (secondary N) is 3. The van der Waals surface area contributed by atoms with Gasteiger partial charge in [0.1, 0.15) is 16.3 Å². The smallest absolute Gasteiger partial charge is 0.293 e. The SMILES string of the molecule is CNC(=O)COc1cc2cc(Nc3nc(N4CCC(CN5CCC6(CC5)COc5c6ccc6c(C7CCC(=O)NC7=O)nn(C)c56)CC4)ncc3Cl)ccc2n(C(C)C)c1=O. The third kappa shape index (κ3) is 7.64. The van der Waals surface area contributed by atoms with Crippen LogP contribution in [0.15, 0.2) is 47.4 Å². The van der Waals surface area contributed by atoms with Gasteiger partial charge in [0.05, 0.1) is 29.9 Å². The molecule has 0 aliphatic carbocycles.